The van der Waals surface area contributed by atoms with Crippen molar-refractivity contribution in [3.8, 4) is 5.75 Å². The summed E-state index contributed by atoms with van der Waals surface area (Å²) in [5.74, 6) is 0.887. The molecule has 1 aromatic carbocycles. The molecule has 0 aromatic heterocycles. The van der Waals surface area contributed by atoms with Gasteiger partial charge in [0.1, 0.15) is 5.75 Å². The molecular formula is C15H27NO2Si. The van der Waals surface area contributed by atoms with Crippen LogP contribution in [0.25, 0.3) is 0 Å². The lowest BCUT2D eigenvalue weighted by Crippen LogP contribution is -2.29. The highest BCUT2D eigenvalue weighted by atomic mass is 28.4. The molecule has 2 atom stereocenters. The van der Waals surface area contributed by atoms with E-state index in [1.54, 1.807) is 0 Å². The van der Waals surface area contributed by atoms with Gasteiger partial charge in [0.2, 0.25) is 8.32 Å². The Labute approximate surface area is 117 Å². The molecule has 0 aliphatic heterocycles. The van der Waals surface area contributed by atoms with Crippen LogP contribution in [0.4, 0.5) is 0 Å². The first-order chi connectivity index (χ1) is 8.83. The molecular weight excluding hydrogens is 254 g/mol. The summed E-state index contributed by atoms with van der Waals surface area (Å²) < 4.78 is 5.90. The molecule has 4 heteroatoms. The fourth-order valence-electron chi connectivity index (χ4n) is 1.93. The van der Waals surface area contributed by atoms with Crippen molar-refractivity contribution in [1.82, 2.24) is 0 Å². The molecule has 108 valence electrons. The summed E-state index contributed by atoms with van der Waals surface area (Å²) in [6.07, 6.45) is 2.37. The normalized spacial score (nSPS) is 15.1. The SMILES string of the molecule is CCCC[C@@H](O)[C@@H](N)c1ccc(O[Si](C)(C)C)cc1. The molecule has 0 aliphatic carbocycles. The maximum atomic E-state index is 10.0. The Hall–Kier alpha value is -0.843. The summed E-state index contributed by atoms with van der Waals surface area (Å²) >= 11 is 0. The van der Waals surface area contributed by atoms with E-state index in [1.807, 2.05) is 24.3 Å². The zero-order valence-electron chi connectivity index (χ0n) is 12.5. The number of aliphatic hydroxyl groups is 1. The topological polar surface area (TPSA) is 55.5 Å². The number of nitrogens with two attached hydrogens (primary N) is 1. The third kappa shape index (κ3) is 5.76. The summed E-state index contributed by atoms with van der Waals surface area (Å²) in [4.78, 5) is 0. The summed E-state index contributed by atoms with van der Waals surface area (Å²) in [7, 11) is -1.56. The molecule has 0 fully saturated rings. The molecule has 0 amide bonds. The van der Waals surface area contributed by atoms with E-state index in [2.05, 4.69) is 26.6 Å². The number of aliphatic hydroxyl groups excluding tert-OH is 1. The molecule has 3 N–H and O–H groups in total. The predicted octanol–water partition coefficient (Wildman–Crippen LogP) is 3.45. The van der Waals surface area contributed by atoms with E-state index in [-0.39, 0.29) is 6.04 Å². The van der Waals surface area contributed by atoms with Gasteiger partial charge in [-0.1, -0.05) is 31.9 Å². The lowest BCUT2D eigenvalue weighted by atomic mass is 9.98. The van der Waals surface area contributed by atoms with Gasteiger partial charge in [0, 0.05) is 0 Å². The van der Waals surface area contributed by atoms with E-state index in [1.165, 1.54) is 0 Å². The maximum Gasteiger partial charge on any atom is 0.242 e. The van der Waals surface area contributed by atoms with Gasteiger partial charge in [-0.05, 0) is 43.8 Å². The minimum absolute atomic E-state index is 0.313. The summed E-state index contributed by atoms with van der Waals surface area (Å²) in [6, 6.07) is 7.48. The fraction of sp³-hybridized carbons (Fsp3) is 0.600. The molecule has 3 nitrogen and oxygen atoms in total. The van der Waals surface area contributed by atoms with Crippen molar-refractivity contribution >= 4 is 8.32 Å². The molecule has 0 saturated carbocycles. The van der Waals surface area contributed by atoms with Gasteiger partial charge in [0.15, 0.2) is 0 Å². The van der Waals surface area contributed by atoms with Crippen LogP contribution in [0.1, 0.15) is 37.8 Å². The van der Waals surface area contributed by atoms with Crippen LogP contribution in [0, 0.1) is 0 Å². The Balaban J connectivity index is 2.65. The smallest absolute Gasteiger partial charge is 0.242 e. The van der Waals surface area contributed by atoms with Crippen LogP contribution in [0.5, 0.6) is 5.75 Å². The lowest BCUT2D eigenvalue weighted by Gasteiger charge is -2.21. The molecule has 0 saturated heterocycles. The lowest BCUT2D eigenvalue weighted by molar-refractivity contribution is 0.132. The Morgan fingerprint density at radius 2 is 1.79 bits per heavy atom. The number of benzene rings is 1. The van der Waals surface area contributed by atoms with Gasteiger partial charge in [-0.25, -0.2) is 0 Å². The number of hydrogen-bond donors (Lipinski definition) is 2. The van der Waals surface area contributed by atoms with Crippen molar-refractivity contribution in [2.75, 3.05) is 0 Å². The molecule has 19 heavy (non-hydrogen) atoms. The van der Waals surface area contributed by atoms with Crippen LogP contribution in [0.15, 0.2) is 24.3 Å². The van der Waals surface area contributed by atoms with E-state index in [9.17, 15) is 5.11 Å². The van der Waals surface area contributed by atoms with Crippen LogP contribution < -0.4 is 10.2 Å². The highest BCUT2D eigenvalue weighted by Gasteiger charge is 2.18. The molecule has 0 heterocycles. The highest BCUT2D eigenvalue weighted by Crippen LogP contribution is 2.22. The maximum absolute atomic E-state index is 10.0. The number of rotatable bonds is 7. The van der Waals surface area contributed by atoms with Crippen molar-refractivity contribution < 1.29 is 9.53 Å². The van der Waals surface area contributed by atoms with E-state index >= 15 is 0 Å². The first kappa shape index (κ1) is 16.2. The molecule has 0 aliphatic rings. The Morgan fingerprint density at radius 1 is 1.21 bits per heavy atom. The Kier molecular flexibility index (Phi) is 6.04. The van der Waals surface area contributed by atoms with Gasteiger partial charge in [-0.3, -0.25) is 0 Å². The second-order valence-electron chi connectivity index (χ2n) is 6.02. The second-order valence-corrected chi connectivity index (χ2v) is 10.4. The average Bonchev–Trinajstić information content (AvgIpc) is 2.34. The van der Waals surface area contributed by atoms with Crippen LogP contribution in [0.3, 0.4) is 0 Å². The van der Waals surface area contributed by atoms with Crippen LogP contribution in [-0.4, -0.2) is 19.5 Å². The molecule has 0 radical (unpaired) electrons. The van der Waals surface area contributed by atoms with Gasteiger partial charge < -0.3 is 15.3 Å². The zero-order valence-corrected chi connectivity index (χ0v) is 13.5. The molecule has 1 aromatic rings. The van der Waals surface area contributed by atoms with E-state index in [4.69, 9.17) is 10.2 Å². The molecule has 0 bridgehead atoms. The minimum atomic E-state index is -1.56. The van der Waals surface area contributed by atoms with Gasteiger partial charge in [-0.2, -0.15) is 0 Å². The monoisotopic (exact) mass is 281 g/mol. The van der Waals surface area contributed by atoms with Crippen molar-refractivity contribution in [2.24, 2.45) is 5.73 Å². The summed E-state index contributed by atoms with van der Waals surface area (Å²) in [6.45, 7) is 8.57. The Bertz CT molecular complexity index is 373. The van der Waals surface area contributed by atoms with Crippen molar-refractivity contribution in [3.63, 3.8) is 0 Å². The van der Waals surface area contributed by atoms with Crippen molar-refractivity contribution in [3.05, 3.63) is 29.8 Å². The summed E-state index contributed by atoms with van der Waals surface area (Å²) in [5.41, 5.74) is 7.04. The quantitative estimate of drug-likeness (QED) is 0.753. The van der Waals surface area contributed by atoms with Gasteiger partial charge in [-0.15, -0.1) is 0 Å². The molecule has 0 spiro atoms. The predicted molar refractivity (Wildman–Crippen MR) is 82.9 cm³/mol. The van der Waals surface area contributed by atoms with E-state index in [0.29, 0.717) is 0 Å². The van der Waals surface area contributed by atoms with Crippen molar-refractivity contribution in [2.45, 2.75) is 58.0 Å². The summed E-state index contributed by atoms with van der Waals surface area (Å²) in [5, 5.41) is 10.0. The van der Waals surface area contributed by atoms with Crippen molar-refractivity contribution in [1.29, 1.82) is 0 Å². The van der Waals surface area contributed by atoms with Crippen LogP contribution in [-0.2, 0) is 0 Å². The highest BCUT2D eigenvalue weighted by molar-refractivity contribution is 6.70. The van der Waals surface area contributed by atoms with Gasteiger partial charge >= 0.3 is 0 Å². The standard InChI is InChI=1S/C15H27NO2Si/c1-5-6-7-14(17)15(16)12-8-10-13(11-9-12)18-19(2,3)4/h8-11,14-15,17H,5-7,16H2,1-4H3/t14-,15+/m1/s1. The van der Waals surface area contributed by atoms with Gasteiger partial charge in [0.25, 0.3) is 0 Å². The van der Waals surface area contributed by atoms with E-state index < -0.39 is 14.4 Å². The molecule has 1 rings (SSSR count). The fourth-order valence-corrected chi connectivity index (χ4v) is 2.77. The zero-order chi connectivity index (χ0) is 14.5. The van der Waals surface area contributed by atoms with Crippen LogP contribution in [0.2, 0.25) is 19.6 Å². The second kappa shape index (κ2) is 7.08. The average molecular weight is 281 g/mol. The Morgan fingerprint density at radius 3 is 2.26 bits per heavy atom. The van der Waals surface area contributed by atoms with Crippen LogP contribution >= 0.6 is 0 Å². The molecule has 0 unspecified atom stereocenters. The van der Waals surface area contributed by atoms with E-state index in [0.717, 1.165) is 30.6 Å². The largest absolute Gasteiger partial charge is 0.544 e. The first-order valence-electron chi connectivity index (χ1n) is 7.06. The number of unbranched alkanes of at least 4 members (excludes halogenated alkanes) is 1. The van der Waals surface area contributed by atoms with Gasteiger partial charge in [0.05, 0.1) is 12.1 Å². The number of hydrogen-bond acceptors (Lipinski definition) is 3. The third-order valence-electron chi connectivity index (χ3n) is 2.96. The minimum Gasteiger partial charge on any atom is -0.544 e. The first-order valence-corrected chi connectivity index (χ1v) is 10.5. The third-order valence-corrected chi connectivity index (χ3v) is 3.81.